The Morgan fingerprint density at radius 2 is 1.68 bits per heavy atom. The number of carbonyl (C=O) groups is 2. The Morgan fingerprint density at radius 1 is 0.903 bits per heavy atom. The topological polar surface area (TPSA) is 77.0 Å². The smallest absolute Gasteiger partial charge is 0.353 e. The average molecular weight is 430 g/mol. The van der Waals surface area contributed by atoms with Gasteiger partial charge in [-0.25, -0.2) is 10.2 Å². The lowest BCUT2D eigenvalue weighted by atomic mass is 10.1. The number of esters is 1. The van der Waals surface area contributed by atoms with Gasteiger partial charge in [0.2, 0.25) is 0 Å². The summed E-state index contributed by atoms with van der Waals surface area (Å²) in [6.45, 7) is -0.146. The number of rotatable bonds is 7. The lowest BCUT2D eigenvalue weighted by Gasteiger charge is -2.06. The first-order valence-corrected chi connectivity index (χ1v) is 10.3. The van der Waals surface area contributed by atoms with Crippen molar-refractivity contribution in [3.63, 3.8) is 0 Å². The number of nitrogens with zero attached hydrogens (tertiary/aromatic N) is 1. The second-order valence-electron chi connectivity index (χ2n) is 6.53. The van der Waals surface area contributed by atoms with Gasteiger partial charge in [0.15, 0.2) is 6.61 Å². The second-order valence-corrected chi connectivity index (χ2v) is 7.47. The summed E-state index contributed by atoms with van der Waals surface area (Å²) in [5.41, 5.74) is 3.17. The Labute approximate surface area is 182 Å². The van der Waals surface area contributed by atoms with Gasteiger partial charge in [-0.3, -0.25) is 4.79 Å². The maximum atomic E-state index is 12.0. The highest BCUT2D eigenvalue weighted by molar-refractivity contribution is 7.12. The number of carbonyl (C=O) groups excluding carboxylic acids is 2. The number of benzene rings is 3. The molecule has 0 unspecified atom stereocenters. The van der Waals surface area contributed by atoms with Crippen molar-refractivity contribution in [1.82, 2.24) is 5.43 Å². The third-order valence-corrected chi connectivity index (χ3v) is 5.16. The van der Waals surface area contributed by atoms with Crippen molar-refractivity contribution in [2.24, 2.45) is 5.10 Å². The van der Waals surface area contributed by atoms with Crippen LogP contribution in [0.2, 0.25) is 0 Å². The molecule has 1 amide bonds. The van der Waals surface area contributed by atoms with Gasteiger partial charge in [0.25, 0.3) is 5.91 Å². The van der Waals surface area contributed by atoms with Crippen LogP contribution in [-0.4, -0.2) is 24.7 Å². The molecule has 154 valence electrons. The molecule has 7 heteroatoms. The lowest BCUT2D eigenvalue weighted by Crippen LogP contribution is -2.24. The van der Waals surface area contributed by atoms with E-state index in [-0.39, 0.29) is 12.5 Å². The Hall–Kier alpha value is -3.97. The fraction of sp³-hybridized carbons (Fsp3) is 0.0417. The van der Waals surface area contributed by atoms with E-state index in [1.165, 1.54) is 17.6 Å². The maximum absolute atomic E-state index is 12.0. The first-order chi connectivity index (χ1) is 15.2. The van der Waals surface area contributed by atoms with Gasteiger partial charge in [-0.1, -0.05) is 36.4 Å². The number of fused-ring (bicyclic) bond motifs is 1. The lowest BCUT2D eigenvalue weighted by molar-refractivity contribution is -0.123. The van der Waals surface area contributed by atoms with Crippen molar-refractivity contribution >= 4 is 40.2 Å². The minimum absolute atomic E-state index is 0.146. The van der Waals surface area contributed by atoms with Gasteiger partial charge < -0.3 is 9.47 Å². The van der Waals surface area contributed by atoms with Crippen LogP contribution in [0.25, 0.3) is 10.8 Å². The molecule has 3 aromatic carbocycles. The highest BCUT2D eigenvalue weighted by atomic mass is 32.1. The van der Waals surface area contributed by atoms with E-state index in [4.69, 9.17) is 9.47 Å². The van der Waals surface area contributed by atoms with E-state index in [0.29, 0.717) is 16.4 Å². The number of hydrogen-bond acceptors (Lipinski definition) is 6. The molecule has 4 aromatic rings. The Balaban J connectivity index is 1.24. The van der Waals surface area contributed by atoms with Gasteiger partial charge >= 0.3 is 5.97 Å². The Morgan fingerprint density at radius 3 is 2.45 bits per heavy atom. The van der Waals surface area contributed by atoms with Crippen LogP contribution in [0.4, 0.5) is 0 Å². The predicted molar refractivity (Wildman–Crippen MR) is 121 cm³/mol. The number of thiophene rings is 1. The molecule has 0 aliphatic rings. The molecular formula is C24H18N2O4S. The number of hydrazone groups is 1. The molecule has 0 aliphatic heterocycles. The molecule has 6 nitrogen and oxygen atoms in total. The summed E-state index contributed by atoms with van der Waals surface area (Å²) in [5, 5.41) is 7.89. The third-order valence-electron chi connectivity index (χ3n) is 4.31. The Kier molecular flexibility index (Phi) is 6.35. The molecule has 1 heterocycles. The van der Waals surface area contributed by atoms with Gasteiger partial charge in [0.1, 0.15) is 16.4 Å². The number of amides is 1. The van der Waals surface area contributed by atoms with Crippen molar-refractivity contribution in [2.75, 3.05) is 6.61 Å². The Bertz CT molecular complexity index is 1220. The maximum Gasteiger partial charge on any atom is 0.353 e. The first-order valence-electron chi connectivity index (χ1n) is 9.47. The zero-order valence-electron chi connectivity index (χ0n) is 16.4. The molecule has 0 atom stereocenters. The number of nitrogens with one attached hydrogen (secondary N) is 1. The molecule has 0 radical (unpaired) electrons. The molecule has 4 rings (SSSR count). The van der Waals surface area contributed by atoms with Crippen LogP contribution in [0.15, 0.2) is 89.3 Å². The van der Waals surface area contributed by atoms with Crippen molar-refractivity contribution in [2.45, 2.75) is 0 Å². The SMILES string of the molecule is O=C(COc1ccc2ccccc2c1)NN=Cc1ccc(OC(=O)c2cccs2)cc1. The molecule has 1 aromatic heterocycles. The normalized spacial score (nSPS) is 10.8. The van der Waals surface area contributed by atoms with E-state index >= 15 is 0 Å². The highest BCUT2D eigenvalue weighted by Crippen LogP contribution is 2.20. The molecule has 0 spiro atoms. The summed E-state index contributed by atoms with van der Waals surface area (Å²) in [4.78, 5) is 24.4. The quantitative estimate of drug-likeness (QED) is 0.200. The van der Waals surface area contributed by atoms with Crippen LogP contribution < -0.4 is 14.9 Å². The summed E-state index contributed by atoms with van der Waals surface area (Å²) in [6, 6.07) is 23.9. The summed E-state index contributed by atoms with van der Waals surface area (Å²) in [7, 11) is 0. The number of ether oxygens (including phenoxy) is 2. The monoisotopic (exact) mass is 430 g/mol. The van der Waals surface area contributed by atoms with Crippen molar-refractivity contribution in [3.8, 4) is 11.5 Å². The van der Waals surface area contributed by atoms with Crippen LogP contribution >= 0.6 is 11.3 Å². The minimum atomic E-state index is -0.393. The van der Waals surface area contributed by atoms with E-state index in [0.717, 1.165) is 16.3 Å². The summed E-state index contributed by atoms with van der Waals surface area (Å²) >= 11 is 1.32. The van der Waals surface area contributed by atoms with E-state index in [9.17, 15) is 9.59 Å². The fourth-order valence-corrected chi connectivity index (χ4v) is 3.39. The highest BCUT2D eigenvalue weighted by Gasteiger charge is 2.09. The third kappa shape index (κ3) is 5.55. The zero-order valence-corrected chi connectivity index (χ0v) is 17.2. The first kappa shape index (κ1) is 20.3. The van der Waals surface area contributed by atoms with Crippen LogP contribution in [0.5, 0.6) is 11.5 Å². The fourth-order valence-electron chi connectivity index (χ4n) is 2.79. The zero-order chi connectivity index (χ0) is 21.5. The molecule has 31 heavy (non-hydrogen) atoms. The van der Waals surface area contributed by atoms with Gasteiger partial charge in [-0.05, 0) is 64.2 Å². The minimum Gasteiger partial charge on any atom is -0.484 e. The van der Waals surface area contributed by atoms with Crippen molar-refractivity contribution in [3.05, 3.63) is 94.7 Å². The van der Waals surface area contributed by atoms with Crippen LogP contribution in [-0.2, 0) is 4.79 Å². The molecule has 0 saturated heterocycles. The standard InChI is InChI=1S/C24H18N2O4S/c27-23(16-29-21-12-9-18-4-1-2-5-19(18)14-21)26-25-15-17-7-10-20(11-8-17)30-24(28)22-6-3-13-31-22/h1-15H,16H2,(H,26,27). The second kappa shape index (κ2) is 9.69. The average Bonchev–Trinajstić information content (AvgIpc) is 3.34. The van der Waals surface area contributed by atoms with Gasteiger partial charge in [0, 0.05) is 0 Å². The molecule has 0 saturated carbocycles. The summed E-state index contributed by atoms with van der Waals surface area (Å²) in [5.74, 6) is 0.287. The predicted octanol–water partition coefficient (Wildman–Crippen LogP) is 4.65. The summed E-state index contributed by atoms with van der Waals surface area (Å²) < 4.78 is 10.8. The number of hydrogen-bond donors (Lipinski definition) is 1. The van der Waals surface area contributed by atoms with E-state index < -0.39 is 5.97 Å². The molecular weight excluding hydrogens is 412 g/mol. The van der Waals surface area contributed by atoms with E-state index in [2.05, 4.69) is 10.5 Å². The van der Waals surface area contributed by atoms with Crippen molar-refractivity contribution in [1.29, 1.82) is 0 Å². The largest absolute Gasteiger partial charge is 0.484 e. The molecule has 1 N–H and O–H groups in total. The van der Waals surface area contributed by atoms with Gasteiger partial charge in [-0.15, -0.1) is 11.3 Å². The van der Waals surface area contributed by atoms with E-state index in [1.54, 1.807) is 36.4 Å². The van der Waals surface area contributed by atoms with Gasteiger partial charge in [0.05, 0.1) is 6.21 Å². The van der Waals surface area contributed by atoms with E-state index in [1.807, 2.05) is 47.8 Å². The molecule has 0 bridgehead atoms. The molecule has 0 fully saturated rings. The van der Waals surface area contributed by atoms with Crippen LogP contribution in [0.3, 0.4) is 0 Å². The molecule has 0 aliphatic carbocycles. The van der Waals surface area contributed by atoms with Crippen LogP contribution in [0, 0.1) is 0 Å². The summed E-state index contributed by atoms with van der Waals surface area (Å²) in [6.07, 6.45) is 1.50. The van der Waals surface area contributed by atoms with Crippen molar-refractivity contribution < 1.29 is 19.1 Å². The van der Waals surface area contributed by atoms with Gasteiger partial charge in [-0.2, -0.15) is 5.10 Å². The van der Waals surface area contributed by atoms with Crippen LogP contribution in [0.1, 0.15) is 15.2 Å².